The van der Waals surface area contributed by atoms with Gasteiger partial charge < -0.3 is 10.6 Å². The van der Waals surface area contributed by atoms with E-state index in [1.165, 1.54) is 18.2 Å². The van der Waals surface area contributed by atoms with E-state index in [0.717, 1.165) is 12.1 Å². The van der Waals surface area contributed by atoms with Crippen molar-refractivity contribution < 1.29 is 13.6 Å². The molecule has 0 aliphatic carbocycles. The summed E-state index contributed by atoms with van der Waals surface area (Å²) in [6.07, 6.45) is 4.54. The number of amides is 2. The first kappa shape index (κ1) is 15.9. The molecule has 0 saturated heterocycles. The number of carbonyl (C=O) groups excluding carboxylic acids is 1. The van der Waals surface area contributed by atoms with E-state index >= 15 is 0 Å². The maximum atomic E-state index is 13.0. The summed E-state index contributed by atoms with van der Waals surface area (Å²) in [5, 5.41) is 5.25. The van der Waals surface area contributed by atoms with Gasteiger partial charge in [-0.25, -0.2) is 13.6 Å². The van der Waals surface area contributed by atoms with Crippen molar-refractivity contribution in [2.24, 2.45) is 0 Å². The van der Waals surface area contributed by atoms with Gasteiger partial charge in [-0.3, -0.25) is 0 Å². The molecule has 0 heterocycles. The summed E-state index contributed by atoms with van der Waals surface area (Å²) in [4.78, 5) is 11.7. The highest BCUT2D eigenvalue weighted by Crippen LogP contribution is 2.13. The highest BCUT2D eigenvalue weighted by molar-refractivity contribution is 6.31. The fraction of sp³-hybridized carbons (Fsp3) is 0.0714. The number of anilines is 1. The fourth-order valence-corrected chi connectivity index (χ4v) is 1.36. The average molecular weight is 299 g/mol. The highest BCUT2D eigenvalue weighted by Gasteiger charge is 2.06. The number of urea groups is 1. The lowest BCUT2D eigenvalue weighted by atomic mass is 10.3. The summed E-state index contributed by atoms with van der Waals surface area (Å²) in [6, 6.07) is 2.42. The number of benzene rings is 1. The third kappa shape index (κ3) is 4.85. The van der Waals surface area contributed by atoms with Gasteiger partial charge in [0, 0.05) is 22.5 Å². The zero-order valence-electron chi connectivity index (χ0n) is 10.7. The van der Waals surface area contributed by atoms with Crippen LogP contribution < -0.4 is 10.6 Å². The summed E-state index contributed by atoms with van der Waals surface area (Å²) in [6.45, 7) is 5.26. The molecule has 1 aromatic rings. The van der Waals surface area contributed by atoms with Gasteiger partial charge in [0.2, 0.25) is 0 Å². The van der Waals surface area contributed by atoms with Crippen LogP contribution in [0.15, 0.2) is 53.7 Å². The Morgan fingerprint density at radius 3 is 2.60 bits per heavy atom. The Morgan fingerprint density at radius 1 is 1.35 bits per heavy atom. The maximum Gasteiger partial charge on any atom is 0.323 e. The molecule has 2 amide bonds. The van der Waals surface area contributed by atoms with Crippen molar-refractivity contribution in [1.82, 2.24) is 5.32 Å². The van der Waals surface area contributed by atoms with Crippen molar-refractivity contribution in [2.45, 2.75) is 6.92 Å². The van der Waals surface area contributed by atoms with E-state index in [1.54, 1.807) is 13.0 Å². The molecular formula is C14H13ClF2N2O. The Labute approximate surface area is 120 Å². The van der Waals surface area contributed by atoms with E-state index in [2.05, 4.69) is 17.2 Å². The van der Waals surface area contributed by atoms with Gasteiger partial charge in [-0.15, -0.1) is 0 Å². The lowest BCUT2D eigenvalue weighted by Crippen LogP contribution is -2.27. The van der Waals surface area contributed by atoms with Crippen LogP contribution in [-0.4, -0.2) is 6.03 Å². The Morgan fingerprint density at radius 2 is 2.05 bits per heavy atom. The molecule has 0 aromatic heterocycles. The third-order valence-electron chi connectivity index (χ3n) is 2.22. The van der Waals surface area contributed by atoms with E-state index in [9.17, 15) is 13.6 Å². The van der Waals surface area contributed by atoms with Crippen LogP contribution in [0.5, 0.6) is 0 Å². The van der Waals surface area contributed by atoms with Gasteiger partial charge in [-0.2, -0.15) is 0 Å². The molecule has 0 bridgehead atoms. The van der Waals surface area contributed by atoms with Gasteiger partial charge in [0.1, 0.15) is 0 Å². The van der Waals surface area contributed by atoms with E-state index in [1.807, 2.05) is 0 Å². The second-order valence-corrected chi connectivity index (χ2v) is 4.12. The Hall–Kier alpha value is -2.14. The lowest BCUT2D eigenvalue weighted by Gasteiger charge is -2.08. The zero-order chi connectivity index (χ0) is 15.1. The summed E-state index contributed by atoms with van der Waals surface area (Å²) in [5.74, 6) is -2.03. The molecule has 0 aliphatic heterocycles. The maximum absolute atomic E-state index is 13.0. The van der Waals surface area contributed by atoms with E-state index in [-0.39, 0.29) is 5.69 Å². The van der Waals surface area contributed by atoms with Crippen molar-refractivity contribution in [2.75, 3.05) is 5.32 Å². The molecule has 2 N–H and O–H groups in total. The lowest BCUT2D eigenvalue weighted by molar-refractivity contribution is 0.254. The van der Waals surface area contributed by atoms with Crippen molar-refractivity contribution in [3.63, 3.8) is 0 Å². The van der Waals surface area contributed by atoms with Gasteiger partial charge in [0.05, 0.1) is 0 Å². The number of nitrogens with one attached hydrogen (secondary N) is 2. The van der Waals surface area contributed by atoms with Crippen LogP contribution >= 0.6 is 11.6 Å². The molecule has 1 aromatic carbocycles. The average Bonchev–Trinajstić information content (AvgIpc) is 2.41. The molecule has 6 heteroatoms. The van der Waals surface area contributed by atoms with Gasteiger partial charge >= 0.3 is 6.03 Å². The van der Waals surface area contributed by atoms with E-state index in [4.69, 9.17) is 11.6 Å². The molecule has 0 aliphatic rings. The first-order valence-corrected chi connectivity index (χ1v) is 6.03. The van der Waals surface area contributed by atoms with E-state index in [0.29, 0.717) is 10.7 Å². The Bertz CT molecular complexity index is 583. The molecule has 0 saturated carbocycles. The molecule has 106 valence electrons. The van der Waals surface area contributed by atoms with Gasteiger partial charge in [0.15, 0.2) is 11.6 Å². The molecule has 0 atom stereocenters. The molecule has 1 rings (SSSR count). The van der Waals surface area contributed by atoms with Crippen LogP contribution in [0.3, 0.4) is 0 Å². The van der Waals surface area contributed by atoms with Crippen LogP contribution in [-0.2, 0) is 0 Å². The number of halogens is 3. The van der Waals surface area contributed by atoms with Crippen molar-refractivity contribution in [1.29, 1.82) is 0 Å². The Balaban J connectivity index is 2.74. The largest absolute Gasteiger partial charge is 0.323 e. The monoisotopic (exact) mass is 298 g/mol. The van der Waals surface area contributed by atoms with Crippen LogP contribution in [0.1, 0.15) is 6.92 Å². The van der Waals surface area contributed by atoms with Crippen LogP contribution in [0.2, 0.25) is 0 Å². The van der Waals surface area contributed by atoms with Crippen molar-refractivity contribution in [3.05, 3.63) is 65.4 Å². The summed E-state index contributed by atoms with van der Waals surface area (Å²) >= 11 is 5.79. The molecule has 0 radical (unpaired) electrons. The van der Waals surface area contributed by atoms with Gasteiger partial charge in [0.25, 0.3) is 0 Å². The van der Waals surface area contributed by atoms with Crippen molar-refractivity contribution in [3.8, 4) is 0 Å². The topological polar surface area (TPSA) is 41.1 Å². The number of carbonyl (C=O) groups is 1. The van der Waals surface area contributed by atoms with Gasteiger partial charge in [-0.1, -0.05) is 24.3 Å². The predicted molar refractivity (Wildman–Crippen MR) is 76.4 cm³/mol. The third-order valence-corrected chi connectivity index (χ3v) is 2.55. The molecular weight excluding hydrogens is 286 g/mol. The van der Waals surface area contributed by atoms with Crippen molar-refractivity contribution >= 4 is 23.3 Å². The molecule has 3 nitrogen and oxygen atoms in total. The predicted octanol–water partition coefficient (Wildman–Crippen LogP) is 4.30. The normalized spacial score (nSPS) is 12.0. The quantitative estimate of drug-likeness (QED) is 0.800. The molecule has 0 fully saturated rings. The minimum atomic E-state index is -1.04. The fourth-order valence-electron chi connectivity index (χ4n) is 1.25. The first-order valence-electron chi connectivity index (χ1n) is 5.65. The summed E-state index contributed by atoms with van der Waals surface area (Å²) in [7, 11) is 0. The number of allylic oxidation sites excluding steroid dienone is 4. The SMILES string of the molecule is C=C/C(=C\C(Cl)=C/C)NC(=O)Nc1ccc(F)c(F)c1. The van der Waals surface area contributed by atoms with Crippen LogP contribution in [0.25, 0.3) is 0 Å². The minimum absolute atomic E-state index is 0.127. The number of rotatable bonds is 4. The van der Waals surface area contributed by atoms with Gasteiger partial charge in [-0.05, 0) is 31.2 Å². The minimum Gasteiger partial charge on any atom is -0.308 e. The zero-order valence-corrected chi connectivity index (χ0v) is 11.5. The molecule has 0 unspecified atom stereocenters. The molecule has 0 spiro atoms. The number of hydrogen-bond acceptors (Lipinski definition) is 1. The smallest absolute Gasteiger partial charge is 0.308 e. The second-order valence-electron chi connectivity index (χ2n) is 3.69. The number of hydrogen-bond donors (Lipinski definition) is 2. The summed E-state index contributed by atoms with van der Waals surface area (Å²) < 4.78 is 25.7. The standard InChI is InChI=1S/C14H13ClF2N2O/c1-3-9(15)7-10(4-2)18-14(20)19-11-5-6-12(16)13(17)8-11/h3-8H,2H2,1H3,(H2,18,19,20)/b9-3+,10-7+. The first-order chi connectivity index (χ1) is 9.46. The van der Waals surface area contributed by atoms with Crippen LogP contribution in [0, 0.1) is 11.6 Å². The highest BCUT2D eigenvalue weighted by atomic mass is 35.5. The summed E-state index contributed by atoms with van der Waals surface area (Å²) in [5.41, 5.74) is 0.495. The Kier molecular flexibility index (Phi) is 5.93. The van der Waals surface area contributed by atoms with E-state index < -0.39 is 17.7 Å². The second kappa shape index (κ2) is 7.45. The van der Waals surface area contributed by atoms with Crippen LogP contribution in [0.4, 0.5) is 19.3 Å². The molecule has 20 heavy (non-hydrogen) atoms.